The Hall–Kier alpha value is -4.63. The summed E-state index contributed by atoms with van der Waals surface area (Å²) in [4.78, 5) is 37.3. The van der Waals surface area contributed by atoms with Crippen LogP contribution in [0, 0.1) is 10.1 Å². The van der Waals surface area contributed by atoms with Crippen LogP contribution in [0.3, 0.4) is 0 Å². The molecule has 40 heavy (non-hydrogen) atoms. The van der Waals surface area contributed by atoms with Crippen LogP contribution in [0.5, 0.6) is 5.75 Å². The van der Waals surface area contributed by atoms with E-state index >= 15 is 0 Å². The predicted molar refractivity (Wildman–Crippen MR) is 158 cm³/mol. The number of unbranched alkanes of at least 4 members (excludes halogenated alkanes) is 1. The minimum absolute atomic E-state index is 0.0866. The second-order valence-corrected chi connectivity index (χ2v) is 10.1. The first-order valence-electron chi connectivity index (χ1n) is 12.8. The highest BCUT2D eigenvalue weighted by molar-refractivity contribution is 8.00. The van der Waals surface area contributed by atoms with E-state index in [4.69, 9.17) is 4.74 Å². The number of hydrogen-bond acceptors (Lipinski definition) is 6. The molecular formula is C31H29N3O5S. The number of hydrogen-bond donors (Lipinski definition) is 2. The van der Waals surface area contributed by atoms with Gasteiger partial charge in [0.15, 0.2) is 0 Å². The van der Waals surface area contributed by atoms with Crippen molar-refractivity contribution in [3.05, 3.63) is 124 Å². The van der Waals surface area contributed by atoms with Crippen molar-refractivity contribution < 1.29 is 19.2 Å². The van der Waals surface area contributed by atoms with Crippen molar-refractivity contribution in [1.82, 2.24) is 0 Å². The number of anilines is 2. The van der Waals surface area contributed by atoms with Crippen LogP contribution in [0.15, 0.2) is 108 Å². The molecule has 9 heteroatoms. The van der Waals surface area contributed by atoms with Crippen LogP contribution in [0.25, 0.3) is 0 Å². The van der Waals surface area contributed by atoms with Gasteiger partial charge in [-0.1, -0.05) is 49.7 Å². The lowest BCUT2D eigenvalue weighted by molar-refractivity contribution is -0.384. The first-order chi connectivity index (χ1) is 19.4. The number of benzene rings is 4. The molecule has 0 radical (unpaired) electrons. The summed E-state index contributed by atoms with van der Waals surface area (Å²) in [6.45, 7) is 2.76. The number of nitrogens with zero attached hydrogens (tertiary/aromatic N) is 1. The van der Waals surface area contributed by atoms with Crippen molar-refractivity contribution >= 4 is 40.6 Å². The van der Waals surface area contributed by atoms with Crippen molar-refractivity contribution in [2.45, 2.75) is 29.9 Å². The highest BCUT2D eigenvalue weighted by atomic mass is 32.2. The fourth-order valence-corrected chi connectivity index (χ4v) is 4.88. The monoisotopic (exact) mass is 555 g/mol. The SMILES string of the molecule is CCCCOc1ccc(NC(=O)C(Sc2cccc(NC(=O)c3ccc([N+](=O)[O-])cc3)c2)c2ccccc2)cc1. The van der Waals surface area contributed by atoms with Gasteiger partial charge in [-0.15, -0.1) is 11.8 Å². The van der Waals surface area contributed by atoms with E-state index in [1.807, 2.05) is 60.7 Å². The highest BCUT2D eigenvalue weighted by Gasteiger charge is 2.22. The Labute approximate surface area is 236 Å². The van der Waals surface area contributed by atoms with E-state index in [1.54, 1.807) is 18.2 Å². The summed E-state index contributed by atoms with van der Waals surface area (Å²) in [5, 5.41) is 16.1. The maximum absolute atomic E-state index is 13.5. The zero-order valence-electron chi connectivity index (χ0n) is 21.9. The number of carbonyl (C=O) groups is 2. The molecule has 1 atom stereocenters. The van der Waals surface area contributed by atoms with Gasteiger partial charge in [-0.05, 0) is 66.6 Å². The van der Waals surface area contributed by atoms with Crippen LogP contribution in [0.4, 0.5) is 17.1 Å². The summed E-state index contributed by atoms with van der Waals surface area (Å²) >= 11 is 1.37. The quantitative estimate of drug-likeness (QED) is 0.0811. The normalized spacial score (nSPS) is 11.3. The molecule has 0 aromatic heterocycles. The van der Waals surface area contributed by atoms with E-state index in [-0.39, 0.29) is 11.6 Å². The molecule has 8 nitrogen and oxygen atoms in total. The first kappa shape index (κ1) is 28.4. The third-order valence-electron chi connectivity index (χ3n) is 5.92. The molecule has 0 fully saturated rings. The van der Waals surface area contributed by atoms with Crippen molar-refractivity contribution in [3.8, 4) is 5.75 Å². The van der Waals surface area contributed by atoms with Gasteiger partial charge in [0.2, 0.25) is 5.91 Å². The van der Waals surface area contributed by atoms with E-state index in [2.05, 4.69) is 17.6 Å². The second-order valence-electron chi connectivity index (χ2n) is 8.91. The van der Waals surface area contributed by atoms with Gasteiger partial charge in [0.25, 0.3) is 11.6 Å². The fourth-order valence-electron chi connectivity index (χ4n) is 3.80. The molecule has 4 aromatic rings. The molecule has 0 heterocycles. The summed E-state index contributed by atoms with van der Waals surface area (Å²) in [6, 6.07) is 29.4. The molecular weight excluding hydrogens is 526 g/mol. The van der Waals surface area contributed by atoms with E-state index in [9.17, 15) is 19.7 Å². The molecule has 0 saturated carbocycles. The number of rotatable bonds is 12. The van der Waals surface area contributed by atoms with Crippen molar-refractivity contribution in [2.75, 3.05) is 17.2 Å². The highest BCUT2D eigenvalue weighted by Crippen LogP contribution is 2.37. The van der Waals surface area contributed by atoms with Gasteiger partial charge in [-0.25, -0.2) is 0 Å². The minimum atomic E-state index is -0.553. The number of non-ortho nitro benzene ring substituents is 1. The Morgan fingerprint density at radius 2 is 1.60 bits per heavy atom. The summed E-state index contributed by atoms with van der Waals surface area (Å²) < 4.78 is 5.71. The smallest absolute Gasteiger partial charge is 0.269 e. The van der Waals surface area contributed by atoms with Gasteiger partial charge in [0.1, 0.15) is 11.0 Å². The molecule has 2 N–H and O–H groups in total. The van der Waals surface area contributed by atoms with Crippen LogP contribution in [-0.4, -0.2) is 23.3 Å². The summed E-state index contributed by atoms with van der Waals surface area (Å²) in [6.07, 6.45) is 2.04. The Balaban J connectivity index is 1.46. The molecule has 0 bridgehead atoms. The Morgan fingerprint density at radius 1 is 0.875 bits per heavy atom. The van der Waals surface area contributed by atoms with Gasteiger partial charge in [-0.3, -0.25) is 19.7 Å². The second kappa shape index (κ2) is 14.0. The molecule has 1 unspecified atom stereocenters. The van der Waals surface area contributed by atoms with Crippen LogP contribution in [0.2, 0.25) is 0 Å². The van der Waals surface area contributed by atoms with Crippen molar-refractivity contribution in [2.24, 2.45) is 0 Å². The molecule has 204 valence electrons. The standard InChI is InChI=1S/C31H29N3O5S/c1-2-3-20-39-27-18-14-24(15-19-27)32-31(36)29(22-8-5-4-6-9-22)40-28-11-7-10-25(21-28)33-30(35)23-12-16-26(17-13-23)34(37)38/h4-19,21,29H,2-3,20H2,1H3,(H,32,36)(H,33,35). The minimum Gasteiger partial charge on any atom is -0.494 e. The number of carbonyl (C=O) groups excluding carboxylic acids is 2. The zero-order valence-corrected chi connectivity index (χ0v) is 22.7. The topological polar surface area (TPSA) is 111 Å². The maximum atomic E-state index is 13.5. The Morgan fingerprint density at radius 3 is 2.27 bits per heavy atom. The van der Waals surface area contributed by atoms with Crippen LogP contribution < -0.4 is 15.4 Å². The van der Waals surface area contributed by atoms with Crippen LogP contribution in [0.1, 0.15) is 40.9 Å². The van der Waals surface area contributed by atoms with Crippen molar-refractivity contribution in [1.29, 1.82) is 0 Å². The molecule has 0 spiro atoms. The molecule has 0 aliphatic carbocycles. The molecule has 0 saturated heterocycles. The average molecular weight is 556 g/mol. The molecule has 0 aliphatic rings. The molecule has 4 aromatic carbocycles. The van der Waals surface area contributed by atoms with E-state index in [0.29, 0.717) is 23.5 Å². The number of ether oxygens (including phenoxy) is 1. The Kier molecular flexibility index (Phi) is 9.90. The maximum Gasteiger partial charge on any atom is 0.269 e. The van der Waals surface area contributed by atoms with Gasteiger partial charge in [0.05, 0.1) is 11.5 Å². The summed E-state index contributed by atoms with van der Waals surface area (Å²) in [5.74, 6) is 0.181. The largest absolute Gasteiger partial charge is 0.494 e. The predicted octanol–water partition coefficient (Wildman–Crippen LogP) is 7.50. The zero-order chi connectivity index (χ0) is 28.3. The number of amides is 2. The number of nitro benzene ring substituents is 1. The number of nitrogens with one attached hydrogen (secondary N) is 2. The fraction of sp³-hybridized carbons (Fsp3) is 0.161. The van der Waals surface area contributed by atoms with Gasteiger partial charge >= 0.3 is 0 Å². The lowest BCUT2D eigenvalue weighted by Gasteiger charge is -2.18. The average Bonchev–Trinajstić information content (AvgIpc) is 2.97. The van der Waals surface area contributed by atoms with Crippen LogP contribution in [-0.2, 0) is 4.79 Å². The van der Waals surface area contributed by atoms with Gasteiger partial charge < -0.3 is 15.4 Å². The first-order valence-corrected chi connectivity index (χ1v) is 13.7. The summed E-state index contributed by atoms with van der Waals surface area (Å²) in [5.41, 5.74) is 2.26. The Bertz CT molecular complexity index is 1440. The van der Waals surface area contributed by atoms with E-state index in [0.717, 1.165) is 29.1 Å². The molecule has 2 amide bonds. The van der Waals surface area contributed by atoms with Gasteiger partial charge in [-0.2, -0.15) is 0 Å². The third-order valence-corrected chi connectivity index (χ3v) is 7.16. The number of thioether (sulfide) groups is 1. The number of nitro groups is 1. The van der Waals surface area contributed by atoms with E-state index < -0.39 is 16.1 Å². The molecule has 0 aliphatic heterocycles. The molecule has 4 rings (SSSR count). The summed E-state index contributed by atoms with van der Waals surface area (Å²) in [7, 11) is 0. The van der Waals surface area contributed by atoms with Gasteiger partial charge in [0, 0.05) is 34.0 Å². The van der Waals surface area contributed by atoms with Crippen molar-refractivity contribution in [3.63, 3.8) is 0 Å². The van der Waals surface area contributed by atoms with Crippen LogP contribution >= 0.6 is 11.8 Å². The third kappa shape index (κ3) is 7.94. The van der Waals surface area contributed by atoms with E-state index in [1.165, 1.54) is 36.0 Å². The lowest BCUT2D eigenvalue weighted by atomic mass is 10.1. The lowest BCUT2D eigenvalue weighted by Crippen LogP contribution is -2.19.